The first-order valence-electron chi connectivity index (χ1n) is 4.18. The highest BCUT2D eigenvalue weighted by molar-refractivity contribution is 9.09. The number of hydrogen-bond acceptors (Lipinski definition) is 4. The highest BCUT2D eigenvalue weighted by atomic mass is 79.9. The molecule has 0 saturated carbocycles. The highest BCUT2D eigenvalue weighted by Crippen LogP contribution is 2.18. The Balaban J connectivity index is 2.11. The van der Waals surface area contributed by atoms with Crippen LogP contribution >= 0.6 is 27.3 Å². The van der Waals surface area contributed by atoms with E-state index in [1.54, 1.807) is 22.2 Å². The molecule has 2 rings (SSSR count). The SMILES string of the molecule is CC(Br)c1cn(Cc2nccs2)nn1. The summed E-state index contributed by atoms with van der Waals surface area (Å²) < 4.78 is 1.80. The predicted molar refractivity (Wildman–Crippen MR) is 58.6 cm³/mol. The Kier molecular flexibility index (Phi) is 2.93. The monoisotopic (exact) mass is 272 g/mol. The van der Waals surface area contributed by atoms with E-state index in [4.69, 9.17) is 0 Å². The maximum Gasteiger partial charge on any atom is 0.114 e. The van der Waals surface area contributed by atoms with Gasteiger partial charge in [-0.1, -0.05) is 21.1 Å². The fourth-order valence-corrected chi connectivity index (χ4v) is 1.86. The van der Waals surface area contributed by atoms with Gasteiger partial charge >= 0.3 is 0 Å². The fraction of sp³-hybridized carbons (Fsp3) is 0.375. The molecule has 0 amide bonds. The van der Waals surface area contributed by atoms with Crippen LogP contribution in [0, 0.1) is 0 Å². The van der Waals surface area contributed by atoms with E-state index in [-0.39, 0.29) is 4.83 Å². The van der Waals surface area contributed by atoms with Crippen molar-refractivity contribution >= 4 is 27.3 Å². The second-order valence-electron chi connectivity index (χ2n) is 2.88. The average molecular weight is 273 g/mol. The minimum Gasteiger partial charge on any atom is -0.248 e. The lowest BCUT2D eigenvalue weighted by Gasteiger charge is -1.95. The van der Waals surface area contributed by atoms with E-state index in [0.29, 0.717) is 6.54 Å². The third-order valence-electron chi connectivity index (χ3n) is 1.74. The summed E-state index contributed by atoms with van der Waals surface area (Å²) >= 11 is 5.07. The molecule has 0 radical (unpaired) electrons. The zero-order chi connectivity index (χ0) is 9.97. The highest BCUT2D eigenvalue weighted by Gasteiger charge is 2.06. The molecule has 0 aliphatic carbocycles. The van der Waals surface area contributed by atoms with Crippen molar-refractivity contribution in [3.63, 3.8) is 0 Å². The summed E-state index contributed by atoms with van der Waals surface area (Å²) in [7, 11) is 0. The summed E-state index contributed by atoms with van der Waals surface area (Å²) in [5, 5.41) is 11.1. The van der Waals surface area contributed by atoms with Crippen LogP contribution in [0.4, 0.5) is 0 Å². The first kappa shape index (κ1) is 9.79. The topological polar surface area (TPSA) is 43.6 Å². The Morgan fingerprint density at radius 2 is 2.50 bits per heavy atom. The smallest absolute Gasteiger partial charge is 0.114 e. The lowest BCUT2D eigenvalue weighted by atomic mass is 10.4. The molecule has 0 spiro atoms. The molecule has 0 aliphatic heterocycles. The Bertz CT molecular complexity index is 395. The molecule has 0 aromatic carbocycles. The molecule has 74 valence electrons. The Labute approximate surface area is 94.1 Å². The van der Waals surface area contributed by atoms with Gasteiger partial charge in [-0.3, -0.25) is 0 Å². The number of aromatic nitrogens is 4. The van der Waals surface area contributed by atoms with Gasteiger partial charge in [-0.15, -0.1) is 16.4 Å². The van der Waals surface area contributed by atoms with E-state index in [1.165, 1.54) is 0 Å². The summed E-state index contributed by atoms with van der Waals surface area (Å²) in [6.07, 6.45) is 3.73. The van der Waals surface area contributed by atoms with Crippen LogP contribution in [0.25, 0.3) is 0 Å². The quantitative estimate of drug-likeness (QED) is 0.805. The van der Waals surface area contributed by atoms with E-state index < -0.39 is 0 Å². The van der Waals surface area contributed by atoms with Crippen molar-refractivity contribution < 1.29 is 0 Å². The molecule has 1 unspecified atom stereocenters. The molecule has 0 N–H and O–H groups in total. The second kappa shape index (κ2) is 4.18. The fourth-order valence-electron chi connectivity index (χ4n) is 1.04. The Morgan fingerprint density at radius 1 is 1.64 bits per heavy atom. The van der Waals surface area contributed by atoms with E-state index in [0.717, 1.165) is 10.7 Å². The van der Waals surface area contributed by atoms with Crippen molar-refractivity contribution in [3.8, 4) is 0 Å². The first-order chi connectivity index (χ1) is 6.75. The van der Waals surface area contributed by atoms with Gasteiger partial charge in [0.25, 0.3) is 0 Å². The molecular formula is C8H9BrN4S. The molecule has 4 nitrogen and oxygen atoms in total. The maximum absolute atomic E-state index is 4.18. The predicted octanol–water partition coefficient (Wildman–Crippen LogP) is 2.24. The summed E-state index contributed by atoms with van der Waals surface area (Å²) in [6, 6.07) is 0. The number of hydrogen-bond donors (Lipinski definition) is 0. The molecule has 0 aliphatic rings. The van der Waals surface area contributed by atoms with Crippen molar-refractivity contribution in [2.24, 2.45) is 0 Å². The number of rotatable bonds is 3. The van der Waals surface area contributed by atoms with Gasteiger partial charge in [0.2, 0.25) is 0 Å². The zero-order valence-electron chi connectivity index (χ0n) is 7.59. The lowest BCUT2D eigenvalue weighted by Crippen LogP contribution is -1.99. The summed E-state index contributed by atoms with van der Waals surface area (Å²) in [5.41, 5.74) is 0.946. The number of alkyl halides is 1. The van der Waals surface area contributed by atoms with Crippen LogP contribution < -0.4 is 0 Å². The largest absolute Gasteiger partial charge is 0.248 e. The van der Waals surface area contributed by atoms with Crippen molar-refractivity contribution in [2.75, 3.05) is 0 Å². The molecule has 0 bridgehead atoms. The van der Waals surface area contributed by atoms with E-state index >= 15 is 0 Å². The molecule has 6 heteroatoms. The molecule has 0 fully saturated rings. The Morgan fingerprint density at radius 3 is 3.07 bits per heavy atom. The van der Waals surface area contributed by atoms with Crippen molar-refractivity contribution in [2.45, 2.75) is 18.3 Å². The Hall–Kier alpha value is -0.750. The van der Waals surface area contributed by atoms with E-state index in [9.17, 15) is 0 Å². The van der Waals surface area contributed by atoms with Crippen molar-refractivity contribution in [1.29, 1.82) is 0 Å². The zero-order valence-corrected chi connectivity index (χ0v) is 9.99. The van der Waals surface area contributed by atoms with Crippen LogP contribution in [0.15, 0.2) is 17.8 Å². The minimum atomic E-state index is 0.243. The van der Waals surface area contributed by atoms with Crippen LogP contribution in [0.1, 0.15) is 22.5 Å². The van der Waals surface area contributed by atoms with Gasteiger partial charge in [0.1, 0.15) is 5.01 Å². The van der Waals surface area contributed by atoms with Gasteiger partial charge in [-0.2, -0.15) is 0 Å². The van der Waals surface area contributed by atoms with Gasteiger partial charge in [0.15, 0.2) is 0 Å². The third-order valence-corrected chi connectivity index (χ3v) is 2.98. The van der Waals surface area contributed by atoms with Crippen LogP contribution in [-0.2, 0) is 6.54 Å². The van der Waals surface area contributed by atoms with E-state index in [1.807, 2.05) is 18.5 Å². The van der Waals surface area contributed by atoms with Gasteiger partial charge in [0.05, 0.1) is 23.3 Å². The average Bonchev–Trinajstić information content (AvgIpc) is 2.75. The minimum absolute atomic E-state index is 0.243. The number of nitrogens with zero attached hydrogens (tertiary/aromatic N) is 4. The standard InChI is InChI=1S/C8H9BrN4S/c1-6(9)7-4-13(12-11-7)5-8-10-2-3-14-8/h2-4,6H,5H2,1H3. The number of halogens is 1. The molecule has 1 atom stereocenters. The summed E-state index contributed by atoms with van der Waals surface area (Å²) in [5.74, 6) is 0. The maximum atomic E-state index is 4.18. The van der Waals surface area contributed by atoms with Gasteiger partial charge < -0.3 is 0 Å². The van der Waals surface area contributed by atoms with E-state index in [2.05, 4.69) is 31.2 Å². The molecule has 2 aromatic rings. The normalized spacial score (nSPS) is 13.0. The van der Waals surface area contributed by atoms with Gasteiger partial charge in [-0.05, 0) is 6.92 Å². The second-order valence-corrected chi connectivity index (χ2v) is 5.24. The van der Waals surface area contributed by atoms with Crippen LogP contribution in [-0.4, -0.2) is 20.0 Å². The molecule has 2 heterocycles. The lowest BCUT2D eigenvalue weighted by molar-refractivity contribution is 0.646. The molecule has 0 saturated heterocycles. The molecule has 2 aromatic heterocycles. The van der Waals surface area contributed by atoms with Crippen molar-refractivity contribution in [1.82, 2.24) is 20.0 Å². The first-order valence-corrected chi connectivity index (χ1v) is 5.97. The van der Waals surface area contributed by atoms with Gasteiger partial charge in [0, 0.05) is 11.6 Å². The molecular weight excluding hydrogens is 264 g/mol. The number of thiazole rings is 1. The van der Waals surface area contributed by atoms with Crippen LogP contribution in [0.2, 0.25) is 0 Å². The summed E-state index contributed by atoms with van der Waals surface area (Å²) in [6.45, 7) is 2.72. The van der Waals surface area contributed by atoms with Crippen LogP contribution in [0.5, 0.6) is 0 Å². The van der Waals surface area contributed by atoms with Gasteiger partial charge in [-0.25, -0.2) is 9.67 Å². The summed E-state index contributed by atoms with van der Waals surface area (Å²) in [4.78, 5) is 4.43. The third kappa shape index (κ3) is 2.19. The van der Waals surface area contributed by atoms with Crippen LogP contribution in [0.3, 0.4) is 0 Å². The van der Waals surface area contributed by atoms with Crippen molar-refractivity contribution in [3.05, 3.63) is 28.5 Å². The molecule has 14 heavy (non-hydrogen) atoms.